The fraction of sp³-hybridized carbons (Fsp3) is 0.889. The number of hydrogen-bond donors (Lipinski definition) is 1. The summed E-state index contributed by atoms with van der Waals surface area (Å²) in [6.07, 6.45) is 0.613. The summed E-state index contributed by atoms with van der Waals surface area (Å²) in [7, 11) is -0.961. The van der Waals surface area contributed by atoms with Crippen molar-refractivity contribution < 1.29 is 22.7 Å². The Bertz CT molecular complexity index is 317. The Morgan fingerprint density at radius 1 is 1.35 bits per heavy atom. The second kappa shape index (κ2) is 8.40. The Kier molecular flexibility index (Phi) is 8.05. The van der Waals surface area contributed by atoms with Gasteiger partial charge in [0.1, 0.15) is 6.54 Å². The van der Waals surface area contributed by atoms with Gasteiger partial charge in [-0.3, -0.25) is 4.79 Å². The van der Waals surface area contributed by atoms with E-state index in [4.69, 9.17) is 4.74 Å². The highest BCUT2D eigenvalue weighted by Gasteiger charge is 2.23. The van der Waals surface area contributed by atoms with Crippen molar-refractivity contribution in [1.82, 2.24) is 9.03 Å². The van der Waals surface area contributed by atoms with E-state index in [1.807, 2.05) is 6.92 Å². The molecule has 0 amide bonds. The predicted molar refractivity (Wildman–Crippen MR) is 62.7 cm³/mol. The summed E-state index contributed by atoms with van der Waals surface area (Å²) in [5.74, 6) is -0.587. The molecular formula is C9H20N2O5S. The van der Waals surface area contributed by atoms with Gasteiger partial charge >= 0.3 is 5.97 Å². The lowest BCUT2D eigenvalue weighted by Crippen LogP contribution is -2.44. The SMILES string of the molecule is CCCN(CC(=O)OC)S(=O)(=O)NCCOC. The minimum Gasteiger partial charge on any atom is -0.468 e. The van der Waals surface area contributed by atoms with E-state index in [9.17, 15) is 13.2 Å². The fourth-order valence-electron chi connectivity index (χ4n) is 1.11. The van der Waals surface area contributed by atoms with Crippen LogP contribution < -0.4 is 4.72 Å². The summed E-state index contributed by atoms with van der Waals surface area (Å²) in [4.78, 5) is 11.1. The Balaban J connectivity index is 4.49. The molecule has 0 aliphatic heterocycles. The zero-order valence-corrected chi connectivity index (χ0v) is 11.2. The molecule has 102 valence electrons. The Hall–Kier alpha value is -0.700. The lowest BCUT2D eigenvalue weighted by atomic mass is 10.5. The maximum absolute atomic E-state index is 11.8. The second-order valence-electron chi connectivity index (χ2n) is 3.30. The minimum absolute atomic E-state index is 0.167. The first kappa shape index (κ1) is 16.3. The summed E-state index contributed by atoms with van der Waals surface area (Å²) in [5, 5.41) is 0. The molecule has 0 saturated heterocycles. The largest absolute Gasteiger partial charge is 0.468 e. The monoisotopic (exact) mass is 268 g/mol. The number of esters is 1. The van der Waals surface area contributed by atoms with E-state index in [-0.39, 0.29) is 26.2 Å². The van der Waals surface area contributed by atoms with Crippen LogP contribution in [-0.4, -0.2) is 59.2 Å². The molecule has 0 heterocycles. The Morgan fingerprint density at radius 2 is 2.00 bits per heavy atom. The molecule has 0 aliphatic carbocycles. The van der Waals surface area contributed by atoms with Crippen LogP contribution in [-0.2, 0) is 24.5 Å². The zero-order chi connectivity index (χ0) is 13.3. The van der Waals surface area contributed by atoms with E-state index in [1.165, 1.54) is 14.2 Å². The molecule has 0 saturated carbocycles. The van der Waals surface area contributed by atoms with Gasteiger partial charge < -0.3 is 9.47 Å². The zero-order valence-electron chi connectivity index (χ0n) is 10.4. The van der Waals surface area contributed by atoms with Crippen molar-refractivity contribution in [3.63, 3.8) is 0 Å². The van der Waals surface area contributed by atoms with E-state index in [0.29, 0.717) is 6.42 Å². The van der Waals surface area contributed by atoms with Crippen LogP contribution in [0.1, 0.15) is 13.3 Å². The van der Waals surface area contributed by atoms with Gasteiger partial charge in [-0.2, -0.15) is 17.4 Å². The molecule has 0 aromatic heterocycles. The third-order valence-electron chi connectivity index (χ3n) is 1.94. The Labute approximate surface area is 102 Å². The molecule has 8 heteroatoms. The van der Waals surface area contributed by atoms with Crippen LogP contribution in [0.25, 0.3) is 0 Å². The summed E-state index contributed by atoms with van der Waals surface area (Å²) in [5.41, 5.74) is 0. The number of ether oxygens (including phenoxy) is 2. The summed E-state index contributed by atoms with van der Waals surface area (Å²) < 4.78 is 36.2. The molecule has 0 spiro atoms. The maximum atomic E-state index is 11.8. The smallest absolute Gasteiger partial charge is 0.321 e. The number of carbonyl (C=O) groups excluding carboxylic acids is 1. The quantitative estimate of drug-likeness (QED) is 0.444. The second-order valence-corrected chi connectivity index (χ2v) is 5.06. The van der Waals surface area contributed by atoms with Crippen molar-refractivity contribution >= 4 is 16.2 Å². The third kappa shape index (κ3) is 6.57. The fourth-order valence-corrected chi connectivity index (χ4v) is 2.33. The number of hydrogen-bond acceptors (Lipinski definition) is 5. The highest BCUT2D eigenvalue weighted by atomic mass is 32.2. The van der Waals surface area contributed by atoms with Gasteiger partial charge in [0, 0.05) is 20.2 Å². The van der Waals surface area contributed by atoms with E-state index in [0.717, 1.165) is 4.31 Å². The van der Waals surface area contributed by atoms with Crippen LogP contribution in [0.15, 0.2) is 0 Å². The molecule has 0 aromatic carbocycles. The molecule has 0 rings (SSSR count). The maximum Gasteiger partial charge on any atom is 0.321 e. The lowest BCUT2D eigenvalue weighted by molar-refractivity contribution is -0.140. The van der Waals surface area contributed by atoms with E-state index < -0.39 is 16.2 Å². The van der Waals surface area contributed by atoms with Gasteiger partial charge in [-0.05, 0) is 6.42 Å². The summed E-state index contributed by atoms with van der Waals surface area (Å²) >= 11 is 0. The van der Waals surface area contributed by atoms with Crippen LogP contribution in [0.3, 0.4) is 0 Å². The normalized spacial score (nSPS) is 11.8. The summed E-state index contributed by atoms with van der Waals surface area (Å²) in [6, 6.07) is 0. The van der Waals surface area contributed by atoms with Crippen LogP contribution in [0, 0.1) is 0 Å². The molecule has 0 atom stereocenters. The molecule has 0 unspecified atom stereocenters. The average Bonchev–Trinajstić information content (AvgIpc) is 2.28. The first-order valence-electron chi connectivity index (χ1n) is 5.28. The first-order valence-corrected chi connectivity index (χ1v) is 6.72. The van der Waals surface area contributed by atoms with Gasteiger partial charge in [0.2, 0.25) is 0 Å². The molecule has 1 N–H and O–H groups in total. The number of methoxy groups -OCH3 is 2. The van der Waals surface area contributed by atoms with Gasteiger partial charge in [-0.1, -0.05) is 6.92 Å². The molecule has 7 nitrogen and oxygen atoms in total. The molecule has 0 radical (unpaired) electrons. The Morgan fingerprint density at radius 3 is 2.47 bits per heavy atom. The average molecular weight is 268 g/mol. The van der Waals surface area contributed by atoms with Crippen LogP contribution in [0.4, 0.5) is 0 Å². The van der Waals surface area contributed by atoms with E-state index >= 15 is 0 Å². The van der Waals surface area contributed by atoms with Crippen LogP contribution in [0.2, 0.25) is 0 Å². The predicted octanol–water partition coefficient (Wildman–Crippen LogP) is -0.648. The van der Waals surface area contributed by atoms with E-state index in [2.05, 4.69) is 9.46 Å². The van der Waals surface area contributed by atoms with Crippen molar-refractivity contribution in [1.29, 1.82) is 0 Å². The molecule has 0 aromatic rings. The minimum atomic E-state index is -3.66. The van der Waals surface area contributed by atoms with Crippen LogP contribution in [0.5, 0.6) is 0 Å². The van der Waals surface area contributed by atoms with Crippen molar-refractivity contribution in [2.75, 3.05) is 40.5 Å². The van der Waals surface area contributed by atoms with Gasteiger partial charge in [0.15, 0.2) is 0 Å². The molecule has 0 aliphatic rings. The standard InChI is InChI=1S/C9H20N2O5S/c1-4-6-11(8-9(12)16-3)17(13,14)10-5-7-15-2/h10H,4-8H2,1-3H3. The van der Waals surface area contributed by atoms with Crippen molar-refractivity contribution in [3.05, 3.63) is 0 Å². The van der Waals surface area contributed by atoms with Crippen molar-refractivity contribution in [2.24, 2.45) is 0 Å². The topological polar surface area (TPSA) is 84.9 Å². The number of rotatable bonds is 9. The van der Waals surface area contributed by atoms with E-state index in [1.54, 1.807) is 0 Å². The van der Waals surface area contributed by atoms with Gasteiger partial charge in [-0.25, -0.2) is 0 Å². The molecule has 17 heavy (non-hydrogen) atoms. The molecule has 0 bridgehead atoms. The number of nitrogens with one attached hydrogen (secondary N) is 1. The third-order valence-corrected chi connectivity index (χ3v) is 3.50. The van der Waals surface area contributed by atoms with Gasteiger partial charge in [-0.15, -0.1) is 0 Å². The van der Waals surface area contributed by atoms with Crippen LogP contribution >= 0.6 is 0 Å². The van der Waals surface area contributed by atoms with Crippen molar-refractivity contribution in [3.8, 4) is 0 Å². The summed E-state index contributed by atoms with van der Waals surface area (Å²) in [6.45, 7) is 2.25. The lowest BCUT2D eigenvalue weighted by Gasteiger charge is -2.20. The number of carbonyl (C=O) groups is 1. The highest BCUT2D eigenvalue weighted by molar-refractivity contribution is 7.87. The molecule has 0 fully saturated rings. The number of nitrogens with zero attached hydrogens (tertiary/aromatic N) is 1. The van der Waals surface area contributed by atoms with Crippen molar-refractivity contribution in [2.45, 2.75) is 13.3 Å². The highest BCUT2D eigenvalue weighted by Crippen LogP contribution is 2.00. The molecular weight excluding hydrogens is 248 g/mol. The van der Waals surface area contributed by atoms with Gasteiger partial charge in [0.25, 0.3) is 10.2 Å². The first-order chi connectivity index (χ1) is 7.97. The van der Waals surface area contributed by atoms with Gasteiger partial charge in [0.05, 0.1) is 13.7 Å².